The molecule has 0 spiro atoms. The van der Waals surface area contributed by atoms with Gasteiger partial charge in [-0.3, -0.25) is 14.4 Å². The second-order valence-corrected chi connectivity index (χ2v) is 8.97. The van der Waals surface area contributed by atoms with Crippen molar-refractivity contribution in [2.75, 3.05) is 26.7 Å². The molecule has 1 aliphatic heterocycles. The predicted octanol–water partition coefficient (Wildman–Crippen LogP) is 2.43. The molecule has 7 heteroatoms. The van der Waals surface area contributed by atoms with Crippen molar-refractivity contribution < 1.29 is 9.59 Å². The van der Waals surface area contributed by atoms with Crippen molar-refractivity contribution in [3.05, 3.63) is 70.1 Å². The van der Waals surface area contributed by atoms with Gasteiger partial charge in [0.25, 0.3) is 11.5 Å². The molecule has 1 aliphatic carbocycles. The van der Waals surface area contributed by atoms with Gasteiger partial charge in [0.05, 0.1) is 11.6 Å². The number of likely N-dealkylation sites (N-methyl/N-ethyl adjacent to an activating group) is 1. The molecule has 1 aromatic carbocycles. The van der Waals surface area contributed by atoms with Crippen molar-refractivity contribution in [2.45, 2.75) is 50.7 Å². The summed E-state index contributed by atoms with van der Waals surface area (Å²) in [7, 11) is 2.06. The van der Waals surface area contributed by atoms with Crippen LogP contribution in [0.15, 0.2) is 53.5 Å². The van der Waals surface area contributed by atoms with Gasteiger partial charge in [-0.15, -0.1) is 0 Å². The largest absolute Gasteiger partial charge is 0.352 e. The molecule has 0 radical (unpaired) electrons. The lowest BCUT2D eigenvalue weighted by Gasteiger charge is -2.40. The highest BCUT2D eigenvalue weighted by Crippen LogP contribution is 2.26. The van der Waals surface area contributed by atoms with E-state index in [1.807, 2.05) is 35.2 Å². The van der Waals surface area contributed by atoms with Gasteiger partial charge in [-0.25, -0.2) is 0 Å². The molecule has 0 bridgehead atoms. The molecule has 2 aromatic rings. The Morgan fingerprint density at radius 2 is 1.75 bits per heavy atom. The number of benzene rings is 1. The van der Waals surface area contributed by atoms with E-state index < -0.39 is 0 Å². The van der Waals surface area contributed by atoms with Gasteiger partial charge in [0.2, 0.25) is 5.91 Å². The van der Waals surface area contributed by atoms with E-state index >= 15 is 0 Å². The Bertz CT molecular complexity index is 998. The molecular weight excluding hydrogens is 404 g/mol. The molecular formula is C25H32N4O3. The number of hydrogen-bond acceptors (Lipinski definition) is 4. The highest BCUT2D eigenvalue weighted by molar-refractivity contribution is 5.94. The second kappa shape index (κ2) is 10.1. The first kappa shape index (κ1) is 22.3. The zero-order chi connectivity index (χ0) is 22.5. The van der Waals surface area contributed by atoms with Gasteiger partial charge in [-0.2, -0.15) is 0 Å². The van der Waals surface area contributed by atoms with Crippen molar-refractivity contribution in [2.24, 2.45) is 0 Å². The molecule has 1 saturated carbocycles. The van der Waals surface area contributed by atoms with E-state index in [2.05, 4.69) is 17.3 Å². The van der Waals surface area contributed by atoms with Crippen LogP contribution in [0.25, 0.3) is 0 Å². The summed E-state index contributed by atoms with van der Waals surface area (Å²) in [5, 5.41) is 3.04. The zero-order valence-corrected chi connectivity index (χ0v) is 18.7. The minimum atomic E-state index is -0.279. The van der Waals surface area contributed by atoms with Gasteiger partial charge in [-0.05, 0) is 31.5 Å². The molecule has 1 aromatic heterocycles. The number of piperazine rings is 1. The van der Waals surface area contributed by atoms with E-state index in [1.165, 1.54) is 23.3 Å². The van der Waals surface area contributed by atoms with Crippen molar-refractivity contribution in [1.82, 2.24) is 19.7 Å². The Hall–Kier alpha value is -2.93. The van der Waals surface area contributed by atoms with E-state index in [-0.39, 0.29) is 36.0 Å². The lowest BCUT2D eigenvalue weighted by atomic mass is 9.95. The molecule has 32 heavy (non-hydrogen) atoms. The predicted molar refractivity (Wildman–Crippen MR) is 123 cm³/mol. The average Bonchev–Trinajstić information content (AvgIpc) is 2.81. The van der Waals surface area contributed by atoms with Gasteiger partial charge in [0.1, 0.15) is 6.54 Å². The monoisotopic (exact) mass is 436 g/mol. The van der Waals surface area contributed by atoms with Crippen LogP contribution in [0.2, 0.25) is 0 Å². The Labute approximate surface area is 189 Å². The summed E-state index contributed by atoms with van der Waals surface area (Å²) in [6.45, 7) is 2.08. The molecule has 2 amide bonds. The molecule has 1 N–H and O–H groups in total. The minimum absolute atomic E-state index is 0.0579. The third-order valence-electron chi connectivity index (χ3n) is 6.54. The zero-order valence-electron chi connectivity index (χ0n) is 18.7. The van der Waals surface area contributed by atoms with Crippen LogP contribution in [0.1, 0.15) is 54.1 Å². The Morgan fingerprint density at radius 1 is 1.00 bits per heavy atom. The number of nitrogens with zero attached hydrogens (tertiary/aromatic N) is 3. The topological polar surface area (TPSA) is 74.7 Å². The molecule has 7 nitrogen and oxygen atoms in total. The SMILES string of the molecule is CN1CCN(C(=O)c2ccc(=O)n(CC(=O)NC3CCCCC3)c2)C(c2ccccc2)C1. The first-order valence-corrected chi connectivity index (χ1v) is 11.6. The maximum atomic E-state index is 13.4. The number of pyridine rings is 1. The van der Waals surface area contributed by atoms with Crippen molar-refractivity contribution >= 4 is 11.8 Å². The normalized spacial score (nSPS) is 20.2. The standard InChI is InChI=1S/C25H32N4O3/c1-27-14-15-29(22(17-27)19-8-4-2-5-9-19)25(32)20-12-13-24(31)28(16-20)18-23(30)26-21-10-6-3-7-11-21/h2,4-5,8-9,12-13,16,21-22H,3,6-7,10-11,14-15,17-18H2,1H3,(H,26,30). The van der Waals surface area contributed by atoms with Crippen molar-refractivity contribution in [3.8, 4) is 0 Å². The Morgan fingerprint density at radius 3 is 2.50 bits per heavy atom. The number of amides is 2. The van der Waals surface area contributed by atoms with Gasteiger partial charge in [-0.1, -0.05) is 49.6 Å². The lowest BCUT2D eigenvalue weighted by Crippen LogP contribution is -2.49. The minimum Gasteiger partial charge on any atom is -0.352 e. The molecule has 1 unspecified atom stereocenters. The molecule has 2 fully saturated rings. The highest BCUT2D eigenvalue weighted by atomic mass is 16.2. The van der Waals surface area contributed by atoms with E-state index in [1.54, 1.807) is 6.07 Å². The first-order chi connectivity index (χ1) is 15.5. The summed E-state index contributed by atoms with van der Waals surface area (Å²) in [5.74, 6) is -0.293. The molecule has 2 aliphatic rings. The number of nitrogens with one attached hydrogen (secondary N) is 1. The number of carbonyl (C=O) groups is 2. The number of aromatic nitrogens is 1. The van der Waals surface area contributed by atoms with Crippen LogP contribution in [0.4, 0.5) is 0 Å². The van der Waals surface area contributed by atoms with Crippen molar-refractivity contribution in [1.29, 1.82) is 0 Å². The quantitative estimate of drug-likeness (QED) is 0.781. The third kappa shape index (κ3) is 5.27. The number of hydrogen-bond donors (Lipinski definition) is 1. The molecule has 1 atom stereocenters. The summed E-state index contributed by atoms with van der Waals surface area (Å²) >= 11 is 0. The smallest absolute Gasteiger partial charge is 0.255 e. The van der Waals surface area contributed by atoms with Gasteiger partial charge >= 0.3 is 0 Å². The van der Waals surface area contributed by atoms with Crippen LogP contribution in [-0.4, -0.2) is 58.9 Å². The molecule has 1 saturated heterocycles. The summed E-state index contributed by atoms with van der Waals surface area (Å²) in [6, 6.07) is 13.1. The summed E-state index contributed by atoms with van der Waals surface area (Å²) < 4.78 is 1.35. The molecule has 4 rings (SSSR count). The van der Waals surface area contributed by atoms with Gasteiger partial charge in [0, 0.05) is 37.9 Å². The maximum Gasteiger partial charge on any atom is 0.255 e. The highest BCUT2D eigenvalue weighted by Gasteiger charge is 2.31. The Kier molecular flexibility index (Phi) is 7.05. The fourth-order valence-electron chi connectivity index (χ4n) is 4.75. The van der Waals surface area contributed by atoms with Crippen LogP contribution in [-0.2, 0) is 11.3 Å². The van der Waals surface area contributed by atoms with Crippen LogP contribution in [0.3, 0.4) is 0 Å². The summed E-state index contributed by atoms with van der Waals surface area (Å²) in [6.07, 6.45) is 6.98. The third-order valence-corrected chi connectivity index (χ3v) is 6.54. The van der Waals surface area contributed by atoms with Crippen LogP contribution >= 0.6 is 0 Å². The van der Waals surface area contributed by atoms with E-state index in [9.17, 15) is 14.4 Å². The second-order valence-electron chi connectivity index (χ2n) is 8.97. The fourth-order valence-corrected chi connectivity index (χ4v) is 4.75. The van der Waals surface area contributed by atoms with Crippen molar-refractivity contribution in [3.63, 3.8) is 0 Å². The average molecular weight is 437 g/mol. The maximum absolute atomic E-state index is 13.4. The lowest BCUT2D eigenvalue weighted by molar-refractivity contribution is -0.122. The molecule has 2 heterocycles. The van der Waals surface area contributed by atoms with Crippen LogP contribution in [0.5, 0.6) is 0 Å². The van der Waals surface area contributed by atoms with Gasteiger partial charge < -0.3 is 19.7 Å². The number of carbonyl (C=O) groups excluding carboxylic acids is 2. The summed E-state index contributed by atoms with van der Waals surface area (Å²) in [4.78, 5) is 42.4. The van der Waals surface area contributed by atoms with E-state index in [0.717, 1.165) is 44.3 Å². The van der Waals surface area contributed by atoms with Gasteiger partial charge in [0.15, 0.2) is 0 Å². The fraction of sp³-hybridized carbons (Fsp3) is 0.480. The molecule has 170 valence electrons. The summed E-state index contributed by atoms with van der Waals surface area (Å²) in [5.41, 5.74) is 1.24. The van der Waals surface area contributed by atoms with Crippen LogP contribution in [0, 0.1) is 0 Å². The van der Waals surface area contributed by atoms with E-state index in [4.69, 9.17) is 0 Å². The first-order valence-electron chi connectivity index (χ1n) is 11.6. The number of rotatable bonds is 5. The van der Waals surface area contributed by atoms with Crippen LogP contribution < -0.4 is 10.9 Å². The Balaban J connectivity index is 1.50. The van der Waals surface area contributed by atoms with E-state index in [0.29, 0.717) is 12.1 Å².